The van der Waals surface area contributed by atoms with E-state index in [1.165, 1.54) is 19.3 Å². The van der Waals surface area contributed by atoms with E-state index in [-0.39, 0.29) is 30.4 Å². The zero-order valence-electron chi connectivity index (χ0n) is 11.6. The van der Waals surface area contributed by atoms with Gasteiger partial charge in [-0.05, 0) is 19.8 Å². The molecule has 0 bridgehead atoms. The van der Waals surface area contributed by atoms with Gasteiger partial charge in [0.05, 0.1) is 12.5 Å². The summed E-state index contributed by atoms with van der Waals surface area (Å²) in [6.45, 7) is 2.24. The molecule has 1 saturated heterocycles. The van der Waals surface area contributed by atoms with E-state index in [1.54, 1.807) is 6.92 Å². The molecule has 2 N–H and O–H groups in total. The highest BCUT2D eigenvalue weighted by molar-refractivity contribution is 5.89. The number of aliphatic hydroxyl groups excluding tert-OH is 1. The van der Waals surface area contributed by atoms with Crippen LogP contribution in [0.5, 0.6) is 0 Å². The van der Waals surface area contributed by atoms with Gasteiger partial charge in [0.1, 0.15) is 0 Å². The van der Waals surface area contributed by atoms with Crippen LogP contribution in [0.1, 0.15) is 45.4 Å². The van der Waals surface area contributed by atoms with E-state index >= 15 is 0 Å². The third-order valence-corrected chi connectivity index (χ3v) is 4.21. The Balaban J connectivity index is 1.89. The maximum atomic E-state index is 12.0. The lowest BCUT2D eigenvalue weighted by Gasteiger charge is -2.31. The lowest BCUT2D eigenvalue weighted by atomic mass is 9.94. The van der Waals surface area contributed by atoms with Crippen LogP contribution in [-0.2, 0) is 9.59 Å². The largest absolute Gasteiger partial charge is 0.394 e. The predicted octanol–water partition coefficient (Wildman–Crippen LogP) is 0.665. The smallest absolute Gasteiger partial charge is 0.225 e. The van der Waals surface area contributed by atoms with E-state index in [1.807, 2.05) is 4.90 Å². The molecule has 0 spiro atoms. The van der Waals surface area contributed by atoms with Gasteiger partial charge >= 0.3 is 0 Å². The number of aliphatic hydroxyl groups is 1. The quantitative estimate of drug-likeness (QED) is 0.787. The van der Waals surface area contributed by atoms with Crippen LogP contribution in [0.4, 0.5) is 0 Å². The number of carbonyl (C=O) groups is 2. The highest BCUT2D eigenvalue weighted by Crippen LogP contribution is 2.28. The summed E-state index contributed by atoms with van der Waals surface area (Å²) >= 11 is 0. The molecule has 1 aliphatic heterocycles. The van der Waals surface area contributed by atoms with Crippen LogP contribution in [0.3, 0.4) is 0 Å². The first kappa shape index (κ1) is 14.3. The highest BCUT2D eigenvalue weighted by Gasteiger charge is 2.38. The van der Waals surface area contributed by atoms with Crippen molar-refractivity contribution in [1.29, 1.82) is 0 Å². The number of likely N-dealkylation sites (tertiary alicyclic amines) is 1. The predicted molar refractivity (Wildman–Crippen MR) is 71.4 cm³/mol. The Morgan fingerprint density at radius 2 is 2.11 bits per heavy atom. The summed E-state index contributed by atoms with van der Waals surface area (Å²) in [6.07, 6.45) is 6.11. The molecule has 2 amide bonds. The van der Waals surface area contributed by atoms with Gasteiger partial charge < -0.3 is 15.3 Å². The third-order valence-electron chi connectivity index (χ3n) is 4.21. The Hall–Kier alpha value is -1.10. The van der Waals surface area contributed by atoms with E-state index in [2.05, 4.69) is 5.32 Å². The summed E-state index contributed by atoms with van der Waals surface area (Å²) in [4.78, 5) is 25.9. The number of amides is 2. The van der Waals surface area contributed by atoms with E-state index in [0.717, 1.165) is 12.8 Å². The molecule has 0 aromatic heterocycles. The number of rotatable bonds is 4. The minimum atomic E-state index is -0.247. The van der Waals surface area contributed by atoms with Crippen molar-refractivity contribution in [2.45, 2.75) is 57.5 Å². The van der Waals surface area contributed by atoms with Gasteiger partial charge in [-0.1, -0.05) is 19.3 Å². The van der Waals surface area contributed by atoms with Gasteiger partial charge in [0.2, 0.25) is 11.8 Å². The zero-order chi connectivity index (χ0) is 13.8. The molecule has 1 saturated carbocycles. The minimum absolute atomic E-state index is 0.0707. The second-order valence-corrected chi connectivity index (χ2v) is 5.83. The first-order valence-electron chi connectivity index (χ1n) is 7.32. The van der Waals surface area contributed by atoms with Crippen LogP contribution in [0, 0.1) is 5.92 Å². The molecular formula is C14H24N2O3. The van der Waals surface area contributed by atoms with Crippen molar-refractivity contribution in [2.75, 3.05) is 13.2 Å². The molecule has 2 aliphatic rings. The molecule has 5 heteroatoms. The molecule has 19 heavy (non-hydrogen) atoms. The SMILES string of the molecule is CC(CO)NC(=O)C1CC(=O)N(C2CCCCC2)C1. The van der Waals surface area contributed by atoms with Crippen molar-refractivity contribution < 1.29 is 14.7 Å². The third kappa shape index (κ3) is 3.47. The summed E-state index contributed by atoms with van der Waals surface area (Å²) in [6, 6.07) is 0.0978. The first-order valence-corrected chi connectivity index (χ1v) is 7.32. The molecular weight excluding hydrogens is 244 g/mol. The van der Waals surface area contributed by atoms with Gasteiger partial charge in [-0.3, -0.25) is 9.59 Å². The molecule has 1 aliphatic carbocycles. The molecule has 108 valence electrons. The van der Waals surface area contributed by atoms with Crippen molar-refractivity contribution in [1.82, 2.24) is 10.2 Å². The fourth-order valence-corrected chi connectivity index (χ4v) is 3.06. The van der Waals surface area contributed by atoms with Crippen molar-refractivity contribution in [3.63, 3.8) is 0 Å². The summed E-state index contributed by atoms with van der Waals surface area (Å²) in [5, 5.41) is 11.7. The molecule has 0 radical (unpaired) electrons. The van der Waals surface area contributed by atoms with Crippen LogP contribution in [0.15, 0.2) is 0 Å². The summed E-state index contributed by atoms with van der Waals surface area (Å²) in [7, 11) is 0. The number of hydrogen-bond donors (Lipinski definition) is 2. The van der Waals surface area contributed by atoms with Crippen LogP contribution in [0.2, 0.25) is 0 Å². The summed E-state index contributed by atoms with van der Waals surface area (Å²) < 4.78 is 0. The maximum absolute atomic E-state index is 12.0. The van der Waals surface area contributed by atoms with Crippen LogP contribution < -0.4 is 5.32 Å². The molecule has 2 atom stereocenters. The van der Waals surface area contributed by atoms with Crippen LogP contribution in [-0.4, -0.2) is 47.1 Å². The molecule has 0 aromatic rings. The van der Waals surface area contributed by atoms with Gasteiger partial charge in [0.15, 0.2) is 0 Å². The van der Waals surface area contributed by atoms with E-state index < -0.39 is 0 Å². The minimum Gasteiger partial charge on any atom is -0.394 e. The van der Waals surface area contributed by atoms with E-state index in [9.17, 15) is 9.59 Å². The standard InChI is InChI=1S/C14H24N2O3/c1-10(9-17)15-14(19)11-7-13(18)16(8-11)12-5-3-2-4-6-12/h10-12,17H,2-9H2,1H3,(H,15,19). The lowest BCUT2D eigenvalue weighted by Crippen LogP contribution is -2.41. The van der Waals surface area contributed by atoms with Gasteiger partial charge in [-0.2, -0.15) is 0 Å². The fraction of sp³-hybridized carbons (Fsp3) is 0.857. The number of carbonyl (C=O) groups excluding carboxylic acids is 2. The molecule has 5 nitrogen and oxygen atoms in total. The van der Waals surface area contributed by atoms with Crippen LogP contribution in [0.25, 0.3) is 0 Å². The monoisotopic (exact) mass is 268 g/mol. The Labute approximate surface area is 114 Å². The van der Waals surface area contributed by atoms with E-state index in [0.29, 0.717) is 19.0 Å². The molecule has 2 unspecified atom stereocenters. The lowest BCUT2D eigenvalue weighted by molar-refractivity contribution is -0.130. The average Bonchev–Trinajstić information content (AvgIpc) is 2.82. The summed E-state index contributed by atoms with van der Waals surface area (Å²) in [5.41, 5.74) is 0. The van der Waals surface area contributed by atoms with Crippen molar-refractivity contribution in [3.05, 3.63) is 0 Å². The normalized spacial score (nSPS) is 26.5. The average molecular weight is 268 g/mol. The second-order valence-electron chi connectivity index (χ2n) is 5.83. The molecule has 1 heterocycles. The maximum Gasteiger partial charge on any atom is 0.225 e. The Bertz CT molecular complexity index is 340. The Kier molecular flexibility index (Phi) is 4.80. The molecule has 2 rings (SSSR count). The van der Waals surface area contributed by atoms with Crippen molar-refractivity contribution >= 4 is 11.8 Å². The molecule has 2 fully saturated rings. The van der Waals surface area contributed by atoms with E-state index in [4.69, 9.17) is 5.11 Å². The Morgan fingerprint density at radius 3 is 2.74 bits per heavy atom. The summed E-state index contributed by atoms with van der Waals surface area (Å²) in [5.74, 6) is -0.236. The number of nitrogens with one attached hydrogen (secondary N) is 1. The Morgan fingerprint density at radius 1 is 1.42 bits per heavy atom. The van der Waals surface area contributed by atoms with Crippen molar-refractivity contribution in [3.8, 4) is 0 Å². The number of hydrogen-bond acceptors (Lipinski definition) is 3. The molecule has 0 aromatic carbocycles. The number of nitrogens with zero attached hydrogens (tertiary/aromatic N) is 1. The van der Waals surface area contributed by atoms with Gasteiger partial charge in [0, 0.05) is 25.0 Å². The van der Waals surface area contributed by atoms with Gasteiger partial charge in [-0.15, -0.1) is 0 Å². The highest BCUT2D eigenvalue weighted by atomic mass is 16.3. The van der Waals surface area contributed by atoms with Crippen molar-refractivity contribution in [2.24, 2.45) is 5.92 Å². The first-order chi connectivity index (χ1) is 9.11. The topological polar surface area (TPSA) is 69.6 Å². The fourth-order valence-electron chi connectivity index (χ4n) is 3.06. The zero-order valence-corrected chi connectivity index (χ0v) is 11.6. The van der Waals surface area contributed by atoms with Crippen LogP contribution >= 0.6 is 0 Å². The van der Waals surface area contributed by atoms with Gasteiger partial charge in [0.25, 0.3) is 0 Å². The van der Waals surface area contributed by atoms with Gasteiger partial charge in [-0.25, -0.2) is 0 Å². The second kappa shape index (κ2) is 6.37.